The lowest BCUT2D eigenvalue weighted by atomic mass is 10.0. The summed E-state index contributed by atoms with van der Waals surface area (Å²) in [7, 11) is -2.94. The average Bonchev–Trinajstić information content (AvgIpc) is 2.90. The van der Waals surface area contributed by atoms with Gasteiger partial charge in [-0.1, -0.05) is 30.9 Å². The normalized spacial score (nSPS) is 26.6. The molecule has 1 N–H and O–H groups in total. The lowest BCUT2D eigenvalue weighted by Crippen LogP contribution is -2.58. The molecule has 24 heavy (non-hydrogen) atoms. The van der Waals surface area contributed by atoms with Gasteiger partial charge >= 0.3 is 0 Å². The number of piperazine rings is 1. The average molecular weight is 348 g/mol. The van der Waals surface area contributed by atoms with E-state index in [1.54, 1.807) is 0 Å². The minimum Gasteiger partial charge on any atom is -0.384 e. The van der Waals surface area contributed by atoms with Gasteiger partial charge in [-0.2, -0.15) is 0 Å². The van der Waals surface area contributed by atoms with Gasteiger partial charge in [0.1, 0.15) is 6.61 Å². The van der Waals surface area contributed by atoms with E-state index in [0.29, 0.717) is 0 Å². The first-order chi connectivity index (χ1) is 11.5. The molecule has 0 spiro atoms. The maximum Gasteiger partial charge on any atom is 0.153 e. The SMILES string of the molecule is CCN1CCN(Cc2ccc(C#CCO)cc2)[C@@H]2CS(=O)(=O)C[C@@H]21. The third-order valence-corrected chi connectivity index (χ3v) is 6.66. The number of aliphatic hydroxyl groups is 1. The van der Waals surface area contributed by atoms with Crippen LogP contribution in [0.2, 0.25) is 0 Å². The predicted molar refractivity (Wildman–Crippen MR) is 94.3 cm³/mol. The molecule has 6 heteroatoms. The van der Waals surface area contributed by atoms with Gasteiger partial charge in [0.05, 0.1) is 11.5 Å². The zero-order valence-corrected chi connectivity index (χ0v) is 14.8. The summed E-state index contributed by atoms with van der Waals surface area (Å²) in [5.74, 6) is 6.09. The predicted octanol–water partition coefficient (Wildman–Crippen LogP) is 0.333. The molecule has 0 aromatic heterocycles. The highest BCUT2D eigenvalue weighted by Gasteiger charge is 2.45. The van der Waals surface area contributed by atoms with E-state index in [2.05, 4.69) is 28.6 Å². The molecule has 2 aliphatic rings. The molecule has 3 rings (SSSR count). The molecular weight excluding hydrogens is 324 g/mol. The fraction of sp³-hybridized carbons (Fsp3) is 0.556. The summed E-state index contributed by atoms with van der Waals surface area (Å²) in [4.78, 5) is 4.62. The maximum atomic E-state index is 12.1. The molecule has 0 amide bonds. The molecule has 2 atom stereocenters. The number of hydrogen-bond acceptors (Lipinski definition) is 5. The van der Waals surface area contributed by atoms with Crippen LogP contribution in [0.1, 0.15) is 18.1 Å². The number of nitrogens with zero attached hydrogens (tertiary/aromatic N) is 2. The second kappa shape index (κ2) is 7.24. The van der Waals surface area contributed by atoms with Gasteiger partial charge in [-0.05, 0) is 24.2 Å². The molecular formula is C18H24N2O3S. The topological polar surface area (TPSA) is 60.9 Å². The van der Waals surface area contributed by atoms with E-state index in [4.69, 9.17) is 5.11 Å². The highest BCUT2D eigenvalue weighted by atomic mass is 32.2. The summed E-state index contributed by atoms with van der Waals surface area (Å²) in [6.45, 7) is 5.46. The number of fused-ring (bicyclic) bond motifs is 1. The molecule has 130 valence electrons. The van der Waals surface area contributed by atoms with Crippen LogP contribution in [0.3, 0.4) is 0 Å². The monoisotopic (exact) mass is 348 g/mol. The number of benzene rings is 1. The summed E-state index contributed by atoms with van der Waals surface area (Å²) in [6.07, 6.45) is 0. The summed E-state index contributed by atoms with van der Waals surface area (Å²) >= 11 is 0. The molecule has 0 unspecified atom stereocenters. The second-order valence-electron chi connectivity index (χ2n) is 6.47. The second-order valence-corrected chi connectivity index (χ2v) is 8.62. The Morgan fingerprint density at radius 2 is 1.75 bits per heavy atom. The standard InChI is InChI=1S/C18H24N2O3S/c1-2-19-9-10-20(18-14-24(22,23)13-17(18)19)12-16-7-5-15(6-8-16)4-3-11-21/h5-8,17-18,21H,2,9-14H2,1H3/t17-,18+/m0/s1. The van der Waals surface area contributed by atoms with Gasteiger partial charge in [0.2, 0.25) is 0 Å². The highest BCUT2D eigenvalue weighted by Crippen LogP contribution is 2.28. The summed E-state index contributed by atoms with van der Waals surface area (Å²) in [5.41, 5.74) is 2.04. The van der Waals surface area contributed by atoms with Gasteiger partial charge in [0, 0.05) is 37.3 Å². The van der Waals surface area contributed by atoms with Crippen LogP contribution in [0.15, 0.2) is 24.3 Å². The van der Waals surface area contributed by atoms with E-state index in [0.717, 1.165) is 37.3 Å². The van der Waals surface area contributed by atoms with Crippen molar-refractivity contribution < 1.29 is 13.5 Å². The van der Waals surface area contributed by atoms with Crippen LogP contribution in [-0.4, -0.2) is 73.2 Å². The molecule has 0 saturated carbocycles. The van der Waals surface area contributed by atoms with Crippen molar-refractivity contribution in [3.05, 3.63) is 35.4 Å². The Labute approximate surface area is 144 Å². The Bertz CT molecular complexity index is 734. The van der Waals surface area contributed by atoms with Gasteiger partial charge in [-0.3, -0.25) is 9.80 Å². The van der Waals surface area contributed by atoms with E-state index in [9.17, 15) is 8.42 Å². The van der Waals surface area contributed by atoms with Crippen LogP contribution in [0.25, 0.3) is 0 Å². The Hall–Kier alpha value is -1.39. The Balaban J connectivity index is 1.73. The Morgan fingerprint density at radius 3 is 2.38 bits per heavy atom. The smallest absolute Gasteiger partial charge is 0.153 e. The Kier molecular flexibility index (Phi) is 5.26. The van der Waals surface area contributed by atoms with Crippen molar-refractivity contribution in [2.24, 2.45) is 0 Å². The van der Waals surface area contributed by atoms with Crippen molar-refractivity contribution in [3.8, 4) is 11.8 Å². The van der Waals surface area contributed by atoms with Crippen LogP contribution in [-0.2, 0) is 16.4 Å². The summed E-state index contributed by atoms with van der Waals surface area (Å²) < 4.78 is 24.2. The summed E-state index contributed by atoms with van der Waals surface area (Å²) in [5, 5.41) is 8.74. The molecule has 0 bridgehead atoms. The number of sulfone groups is 1. The molecule has 0 aliphatic carbocycles. The highest BCUT2D eigenvalue weighted by molar-refractivity contribution is 7.91. The number of aliphatic hydroxyl groups excluding tert-OH is 1. The number of rotatable bonds is 3. The fourth-order valence-corrected chi connectivity index (χ4v) is 5.80. The van der Waals surface area contributed by atoms with Crippen LogP contribution in [0.4, 0.5) is 0 Å². The first-order valence-electron chi connectivity index (χ1n) is 8.39. The van der Waals surface area contributed by atoms with Crippen molar-refractivity contribution in [1.29, 1.82) is 0 Å². The fourth-order valence-electron chi connectivity index (χ4n) is 3.76. The van der Waals surface area contributed by atoms with E-state index < -0.39 is 9.84 Å². The number of likely N-dealkylation sites (N-methyl/N-ethyl adjacent to an activating group) is 1. The van der Waals surface area contributed by atoms with Crippen molar-refractivity contribution in [1.82, 2.24) is 9.80 Å². The van der Waals surface area contributed by atoms with E-state index in [1.807, 2.05) is 24.3 Å². The molecule has 0 radical (unpaired) electrons. The minimum absolute atomic E-state index is 0.0950. The molecule has 1 aromatic rings. The largest absolute Gasteiger partial charge is 0.384 e. The van der Waals surface area contributed by atoms with E-state index in [1.165, 1.54) is 0 Å². The van der Waals surface area contributed by atoms with Crippen molar-refractivity contribution >= 4 is 9.84 Å². The zero-order chi connectivity index (χ0) is 17.2. The molecule has 5 nitrogen and oxygen atoms in total. The zero-order valence-electron chi connectivity index (χ0n) is 14.0. The van der Waals surface area contributed by atoms with Gasteiger partial charge in [0.25, 0.3) is 0 Å². The lowest BCUT2D eigenvalue weighted by Gasteiger charge is -2.43. The van der Waals surface area contributed by atoms with Crippen LogP contribution >= 0.6 is 0 Å². The van der Waals surface area contributed by atoms with Gasteiger partial charge in [-0.25, -0.2) is 8.42 Å². The van der Waals surface area contributed by atoms with Crippen LogP contribution in [0, 0.1) is 11.8 Å². The van der Waals surface area contributed by atoms with Gasteiger partial charge in [-0.15, -0.1) is 0 Å². The summed E-state index contributed by atoms with van der Waals surface area (Å²) in [6, 6.07) is 8.19. The molecule has 2 fully saturated rings. The third-order valence-electron chi connectivity index (χ3n) is 4.96. The van der Waals surface area contributed by atoms with Crippen LogP contribution in [0.5, 0.6) is 0 Å². The first-order valence-corrected chi connectivity index (χ1v) is 10.2. The Morgan fingerprint density at radius 1 is 1.12 bits per heavy atom. The quantitative estimate of drug-likeness (QED) is 0.798. The van der Waals surface area contributed by atoms with Gasteiger partial charge in [0.15, 0.2) is 9.84 Å². The first kappa shape index (κ1) is 17.4. The maximum absolute atomic E-state index is 12.1. The minimum atomic E-state index is -2.94. The molecule has 2 saturated heterocycles. The third kappa shape index (κ3) is 3.81. The molecule has 2 aliphatic heterocycles. The van der Waals surface area contributed by atoms with E-state index >= 15 is 0 Å². The van der Waals surface area contributed by atoms with Crippen LogP contribution < -0.4 is 0 Å². The van der Waals surface area contributed by atoms with E-state index in [-0.39, 0.29) is 30.2 Å². The lowest BCUT2D eigenvalue weighted by molar-refractivity contribution is 0.0439. The number of hydrogen-bond donors (Lipinski definition) is 1. The van der Waals surface area contributed by atoms with Crippen molar-refractivity contribution in [2.45, 2.75) is 25.6 Å². The van der Waals surface area contributed by atoms with Crippen molar-refractivity contribution in [2.75, 3.05) is 37.7 Å². The molecule has 1 aromatic carbocycles. The van der Waals surface area contributed by atoms with Crippen molar-refractivity contribution in [3.63, 3.8) is 0 Å². The van der Waals surface area contributed by atoms with Gasteiger partial charge < -0.3 is 5.11 Å². The molecule has 2 heterocycles.